The molecule has 2 aromatic rings. The number of likely N-dealkylation sites (tertiary alicyclic amines) is 1. The van der Waals surface area contributed by atoms with Crippen LogP contribution in [0, 0.1) is 34.9 Å². The van der Waals surface area contributed by atoms with Crippen molar-refractivity contribution in [1.29, 1.82) is 0 Å². The Bertz CT molecular complexity index is 1580. The highest BCUT2D eigenvalue weighted by Gasteiger charge is 2.68. The summed E-state index contributed by atoms with van der Waals surface area (Å²) < 4.78 is 20.0. The van der Waals surface area contributed by atoms with Gasteiger partial charge in [-0.05, 0) is 70.7 Å². The van der Waals surface area contributed by atoms with Gasteiger partial charge in [-0.1, -0.05) is 41.4 Å². The van der Waals surface area contributed by atoms with E-state index in [1.165, 1.54) is 17.0 Å². The molecule has 10 heteroatoms. The van der Waals surface area contributed by atoms with Gasteiger partial charge in [-0.2, -0.15) is 0 Å². The Morgan fingerprint density at radius 2 is 1.77 bits per heavy atom. The maximum absolute atomic E-state index is 14.5. The molecule has 0 spiro atoms. The number of imide groups is 2. The van der Waals surface area contributed by atoms with E-state index in [1.54, 1.807) is 19.1 Å². The van der Waals surface area contributed by atoms with Crippen molar-refractivity contribution in [3.8, 4) is 5.75 Å². The van der Waals surface area contributed by atoms with E-state index in [0.717, 1.165) is 16.5 Å². The van der Waals surface area contributed by atoms with Crippen molar-refractivity contribution < 1.29 is 33.4 Å². The fraction of sp³-hybridized carbons (Fsp3) is 0.455. The van der Waals surface area contributed by atoms with Gasteiger partial charge in [0.05, 0.1) is 40.5 Å². The van der Waals surface area contributed by atoms with Crippen molar-refractivity contribution in [2.75, 3.05) is 18.1 Å². The van der Waals surface area contributed by atoms with Crippen LogP contribution in [0.5, 0.6) is 5.75 Å². The van der Waals surface area contributed by atoms with Crippen LogP contribution in [0.25, 0.3) is 0 Å². The van der Waals surface area contributed by atoms with Crippen molar-refractivity contribution in [3.05, 3.63) is 70.5 Å². The first-order valence-corrected chi connectivity index (χ1v) is 14.9. The molecule has 1 N–H and O–H groups in total. The number of allylic oxidation sites excluding steroid dienone is 2. The average molecular weight is 609 g/mol. The molecule has 0 aromatic heterocycles. The summed E-state index contributed by atoms with van der Waals surface area (Å²) >= 11 is 6.07. The monoisotopic (exact) mass is 608 g/mol. The number of hydrogen-bond acceptors (Lipinski definition) is 6. The zero-order chi connectivity index (χ0) is 31.0. The Kier molecular flexibility index (Phi) is 7.05. The molecule has 2 aliphatic heterocycles. The van der Waals surface area contributed by atoms with Crippen molar-refractivity contribution in [1.82, 2.24) is 4.90 Å². The molecule has 2 aliphatic carbocycles. The number of aliphatic hydroxyl groups is 1. The van der Waals surface area contributed by atoms with Crippen LogP contribution >= 0.6 is 11.6 Å². The Labute approximate surface area is 254 Å². The summed E-state index contributed by atoms with van der Waals surface area (Å²) in [7, 11) is 0. The number of fused-ring (bicyclic) bond motifs is 4. The third kappa shape index (κ3) is 4.26. The topological polar surface area (TPSA) is 104 Å². The molecule has 0 radical (unpaired) electrons. The highest BCUT2D eigenvalue weighted by Crippen LogP contribution is 2.64. The van der Waals surface area contributed by atoms with Gasteiger partial charge in [0, 0.05) is 17.0 Å². The van der Waals surface area contributed by atoms with E-state index >= 15 is 0 Å². The lowest BCUT2D eigenvalue weighted by Gasteiger charge is -2.49. The highest BCUT2D eigenvalue weighted by atomic mass is 35.5. The van der Waals surface area contributed by atoms with E-state index in [2.05, 4.69) is 0 Å². The predicted molar refractivity (Wildman–Crippen MR) is 157 cm³/mol. The molecule has 8 nitrogen and oxygen atoms in total. The van der Waals surface area contributed by atoms with Crippen LogP contribution in [0.3, 0.4) is 0 Å². The van der Waals surface area contributed by atoms with Gasteiger partial charge in [0.2, 0.25) is 23.6 Å². The number of aliphatic hydroxyl groups excluding tert-OH is 1. The molecule has 4 amide bonds. The Morgan fingerprint density at radius 1 is 1.05 bits per heavy atom. The number of hydrogen-bond donors (Lipinski definition) is 1. The van der Waals surface area contributed by atoms with Crippen LogP contribution in [0.2, 0.25) is 5.02 Å². The zero-order valence-corrected chi connectivity index (χ0v) is 25.2. The van der Waals surface area contributed by atoms with E-state index in [-0.39, 0.29) is 42.2 Å². The number of amides is 4. The second-order valence-corrected chi connectivity index (χ2v) is 13.5. The number of rotatable bonds is 5. The Hall–Kier alpha value is -3.56. The molecule has 2 heterocycles. The molecule has 6 rings (SSSR count). The largest absolute Gasteiger partial charge is 0.491 e. The number of ether oxygens (including phenoxy) is 1. The van der Waals surface area contributed by atoms with Crippen LogP contribution in [0.4, 0.5) is 10.1 Å². The van der Waals surface area contributed by atoms with Crippen LogP contribution in [0.15, 0.2) is 54.1 Å². The summed E-state index contributed by atoms with van der Waals surface area (Å²) in [5.74, 6) is -4.80. The molecule has 43 heavy (non-hydrogen) atoms. The minimum Gasteiger partial charge on any atom is -0.491 e. The molecule has 226 valence electrons. The number of nitrogens with zero attached hydrogens (tertiary/aromatic N) is 2. The van der Waals surface area contributed by atoms with Gasteiger partial charge in [0.1, 0.15) is 18.2 Å². The minimum absolute atomic E-state index is 0.0255. The molecule has 1 saturated carbocycles. The van der Waals surface area contributed by atoms with E-state index in [1.807, 2.05) is 39.0 Å². The summed E-state index contributed by atoms with van der Waals surface area (Å²) in [5.41, 5.74) is -0.348. The van der Waals surface area contributed by atoms with Crippen molar-refractivity contribution >= 4 is 40.9 Å². The lowest BCUT2D eigenvalue weighted by Crippen LogP contribution is -2.49. The second kappa shape index (κ2) is 10.3. The first kappa shape index (κ1) is 29.5. The number of halogens is 2. The quantitative estimate of drug-likeness (QED) is 0.383. The molecule has 0 bridgehead atoms. The Morgan fingerprint density at radius 3 is 2.44 bits per heavy atom. The van der Waals surface area contributed by atoms with E-state index in [4.69, 9.17) is 16.3 Å². The van der Waals surface area contributed by atoms with Crippen molar-refractivity contribution in [2.45, 2.75) is 52.0 Å². The maximum Gasteiger partial charge on any atom is 0.241 e. The van der Waals surface area contributed by atoms with Crippen LogP contribution in [-0.4, -0.2) is 52.4 Å². The van der Waals surface area contributed by atoms with Gasteiger partial charge in [-0.25, -0.2) is 9.29 Å². The summed E-state index contributed by atoms with van der Waals surface area (Å²) in [6.45, 7) is 7.06. The predicted octanol–water partition coefficient (Wildman–Crippen LogP) is 4.88. The van der Waals surface area contributed by atoms with E-state index in [0.29, 0.717) is 17.7 Å². The molecule has 4 aliphatic rings. The molecular formula is C33H34ClFN2O6. The van der Waals surface area contributed by atoms with Gasteiger partial charge in [-0.3, -0.25) is 24.1 Å². The Balaban J connectivity index is 1.53. The summed E-state index contributed by atoms with van der Waals surface area (Å²) in [6, 6.07) is 10.9. The summed E-state index contributed by atoms with van der Waals surface area (Å²) in [5, 5.41) is 9.28. The van der Waals surface area contributed by atoms with E-state index < -0.39 is 58.2 Å². The van der Waals surface area contributed by atoms with Gasteiger partial charge >= 0.3 is 0 Å². The van der Waals surface area contributed by atoms with Crippen molar-refractivity contribution in [2.24, 2.45) is 29.1 Å². The van der Waals surface area contributed by atoms with Gasteiger partial charge in [-0.15, -0.1) is 0 Å². The molecule has 2 aromatic carbocycles. The number of para-hydroxylation sites is 1. The minimum atomic E-state index is -1.29. The van der Waals surface area contributed by atoms with Gasteiger partial charge < -0.3 is 9.84 Å². The summed E-state index contributed by atoms with van der Waals surface area (Å²) in [6.07, 6.45) is 2.52. The van der Waals surface area contributed by atoms with Crippen LogP contribution in [-0.2, 0) is 19.2 Å². The number of carbonyl (C=O) groups is 4. The standard InChI is InChI=1S/C33H34ClFN2O6/c1-32(2,3)37-28(39)20-11-10-18-21(26(20)30(37)41)16-22-29(40)36(17-9-12-24(35)23(34)15-17)31(42)33(22,4)27(18)19-7-5-6-8-25(19)43-14-13-38/h5-10,12,15,20-22,26-27,38H,11,13-14,16H2,1-4H3/t20-,21+,22-,26-,27+,33+/m0/s1. The number of carbonyl (C=O) groups excluding carboxylic acids is 4. The fourth-order valence-electron chi connectivity index (χ4n) is 7.90. The molecule has 0 unspecified atom stereocenters. The van der Waals surface area contributed by atoms with Crippen LogP contribution < -0.4 is 9.64 Å². The van der Waals surface area contributed by atoms with E-state index in [9.17, 15) is 28.7 Å². The first-order chi connectivity index (χ1) is 20.3. The molecule has 6 atom stereocenters. The third-order valence-electron chi connectivity index (χ3n) is 9.69. The maximum atomic E-state index is 14.5. The lowest BCUT2D eigenvalue weighted by molar-refractivity contribution is -0.145. The smallest absolute Gasteiger partial charge is 0.241 e. The highest BCUT2D eigenvalue weighted by molar-refractivity contribution is 6.31. The van der Waals surface area contributed by atoms with Crippen LogP contribution in [0.1, 0.15) is 52.0 Å². The van der Waals surface area contributed by atoms with Crippen molar-refractivity contribution in [3.63, 3.8) is 0 Å². The van der Waals surface area contributed by atoms with Gasteiger partial charge in [0.25, 0.3) is 0 Å². The fourth-order valence-corrected chi connectivity index (χ4v) is 8.07. The molecular weight excluding hydrogens is 575 g/mol. The number of benzene rings is 2. The first-order valence-electron chi connectivity index (χ1n) is 14.6. The second-order valence-electron chi connectivity index (χ2n) is 13.1. The zero-order valence-electron chi connectivity index (χ0n) is 24.5. The van der Waals surface area contributed by atoms with Gasteiger partial charge in [0.15, 0.2) is 0 Å². The average Bonchev–Trinajstić information content (AvgIpc) is 3.33. The third-order valence-corrected chi connectivity index (χ3v) is 9.98. The molecule has 2 saturated heterocycles. The molecule has 3 fully saturated rings. The normalized spacial score (nSPS) is 30.3. The number of anilines is 1. The summed E-state index contributed by atoms with van der Waals surface area (Å²) in [4.78, 5) is 58.7. The lowest BCUT2D eigenvalue weighted by atomic mass is 9.51. The SMILES string of the molecule is CC(C)(C)N1C(=O)[C@H]2[C@H](CC=C3[C@H]2C[C@H]2C(=O)N(c4ccc(F)c(Cl)c4)C(=O)[C@@]2(C)[C@H]3c2ccccc2OCCO)C1=O.